The van der Waals surface area contributed by atoms with Crippen LogP contribution in [0.5, 0.6) is 0 Å². The van der Waals surface area contributed by atoms with Gasteiger partial charge in [-0.05, 0) is 49.9 Å². The molecule has 2 rings (SSSR count). The van der Waals surface area contributed by atoms with Crippen molar-refractivity contribution in [2.45, 2.75) is 45.7 Å². The van der Waals surface area contributed by atoms with E-state index in [2.05, 4.69) is 5.32 Å². The third kappa shape index (κ3) is 7.95. The highest BCUT2D eigenvalue weighted by atomic mass is 19.1. The molecule has 1 N–H and O–H groups in total. The van der Waals surface area contributed by atoms with Gasteiger partial charge in [0.15, 0.2) is 0 Å². The van der Waals surface area contributed by atoms with E-state index in [4.69, 9.17) is 4.74 Å². The normalized spacial score (nSPS) is 11.7. The standard InChI is InChI=1S/C24H31FN2O3/c1-3-30-17-7-16-26-24(29)19(2)27(18-21-10-13-22(25)14-11-21)23(28)15-12-20-8-5-4-6-9-20/h4-6,8-11,13-14,19H,3,7,12,15-18H2,1-2H3,(H,26,29). The second-order valence-electron chi connectivity index (χ2n) is 7.15. The van der Waals surface area contributed by atoms with Gasteiger partial charge >= 0.3 is 0 Å². The number of benzene rings is 2. The first kappa shape index (κ1) is 23.5. The van der Waals surface area contributed by atoms with Crippen LogP contribution in [0.25, 0.3) is 0 Å². The van der Waals surface area contributed by atoms with Gasteiger partial charge in [-0.2, -0.15) is 0 Å². The minimum Gasteiger partial charge on any atom is -0.382 e. The summed E-state index contributed by atoms with van der Waals surface area (Å²) in [5.41, 5.74) is 1.85. The van der Waals surface area contributed by atoms with E-state index in [1.54, 1.807) is 24.0 Å². The predicted octanol–water partition coefficient (Wildman–Crippen LogP) is 3.72. The minimum atomic E-state index is -0.634. The zero-order chi connectivity index (χ0) is 21.8. The van der Waals surface area contributed by atoms with Gasteiger partial charge in [-0.3, -0.25) is 9.59 Å². The van der Waals surface area contributed by atoms with E-state index in [9.17, 15) is 14.0 Å². The largest absolute Gasteiger partial charge is 0.382 e. The van der Waals surface area contributed by atoms with Crippen LogP contribution in [0.4, 0.5) is 4.39 Å². The maximum Gasteiger partial charge on any atom is 0.242 e. The Kier molecular flexibility index (Phi) is 10.0. The molecular weight excluding hydrogens is 383 g/mol. The molecule has 0 fully saturated rings. The van der Waals surface area contributed by atoms with Crippen molar-refractivity contribution in [3.63, 3.8) is 0 Å². The number of hydrogen-bond acceptors (Lipinski definition) is 3. The molecule has 0 saturated carbocycles. The number of nitrogens with zero attached hydrogens (tertiary/aromatic N) is 1. The van der Waals surface area contributed by atoms with Crippen LogP contribution in [0, 0.1) is 5.82 Å². The SMILES string of the molecule is CCOCCCNC(=O)C(C)N(Cc1ccc(F)cc1)C(=O)CCc1ccccc1. The summed E-state index contributed by atoms with van der Waals surface area (Å²) >= 11 is 0. The van der Waals surface area contributed by atoms with E-state index in [-0.39, 0.29) is 24.2 Å². The predicted molar refractivity (Wildman–Crippen MR) is 115 cm³/mol. The van der Waals surface area contributed by atoms with Crippen molar-refractivity contribution in [3.8, 4) is 0 Å². The molecule has 2 aromatic rings. The number of rotatable bonds is 12. The monoisotopic (exact) mass is 414 g/mol. The number of nitrogens with one attached hydrogen (secondary N) is 1. The van der Waals surface area contributed by atoms with E-state index in [0.29, 0.717) is 39.0 Å². The Bertz CT molecular complexity index is 781. The van der Waals surface area contributed by atoms with Crippen LogP contribution < -0.4 is 5.32 Å². The van der Waals surface area contributed by atoms with Gasteiger partial charge in [-0.25, -0.2) is 4.39 Å². The summed E-state index contributed by atoms with van der Waals surface area (Å²) in [6.07, 6.45) is 1.61. The average molecular weight is 415 g/mol. The highest BCUT2D eigenvalue weighted by Crippen LogP contribution is 2.13. The third-order valence-corrected chi connectivity index (χ3v) is 4.87. The first-order valence-electron chi connectivity index (χ1n) is 10.4. The Morgan fingerprint density at radius 3 is 2.43 bits per heavy atom. The van der Waals surface area contributed by atoms with Gasteiger partial charge in [0.25, 0.3) is 0 Å². The van der Waals surface area contributed by atoms with Crippen LogP contribution in [0.3, 0.4) is 0 Å². The van der Waals surface area contributed by atoms with Crippen molar-refractivity contribution >= 4 is 11.8 Å². The number of carbonyl (C=O) groups is 2. The Hall–Kier alpha value is -2.73. The summed E-state index contributed by atoms with van der Waals surface area (Å²) < 4.78 is 18.5. The molecule has 0 spiro atoms. The van der Waals surface area contributed by atoms with Crippen LogP contribution >= 0.6 is 0 Å². The fourth-order valence-corrected chi connectivity index (χ4v) is 3.09. The lowest BCUT2D eigenvalue weighted by molar-refractivity contribution is -0.140. The summed E-state index contributed by atoms with van der Waals surface area (Å²) in [7, 11) is 0. The van der Waals surface area contributed by atoms with E-state index in [0.717, 1.165) is 11.1 Å². The molecule has 0 aliphatic heterocycles. The van der Waals surface area contributed by atoms with Gasteiger partial charge in [0.1, 0.15) is 11.9 Å². The molecule has 0 aliphatic carbocycles. The molecule has 2 aromatic carbocycles. The van der Waals surface area contributed by atoms with E-state index < -0.39 is 6.04 Å². The molecule has 0 aromatic heterocycles. The maximum absolute atomic E-state index is 13.3. The Morgan fingerprint density at radius 1 is 1.07 bits per heavy atom. The summed E-state index contributed by atoms with van der Waals surface area (Å²) in [6, 6.07) is 15.1. The van der Waals surface area contributed by atoms with Crippen molar-refractivity contribution in [2.24, 2.45) is 0 Å². The summed E-state index contributed by atoms with van der Waals surface area (Å²) in [4.78, 5) is 27.2. The highest BCUT2D eigenvalue weighted by molar-refractivity contribution is 5.87. The van der Waals surface area contributed by atoms with Crippen molar-refractivity contribution in [1.29, 1.82) is 0 Å². The number of aryl methyl sites for hydroxylation is 1. The summed E-state index contributed by atoms with van der Waals surface area (Å²) in [6.45, 7) is 5.62. The molecule has 6 heteroatoms. The lowest BCUT2D eigenvalue weighted by Gasteiger charge is -2.29. The molecule has 1 unspecified atom stereocenters. The molecule has 0 aliphatic rings. The molecule has 5 nitrogen and oxygen atoms in total. The lowest BCUT2D eigenvalue weighted by atomic mass is 10.1. The quantitative estimate of drug-likeness (QED) is 0.539. The smallest absolute Gasteiger partial charge is 0.242 e. The van der Waals surface area contributed by atoms with Gasteiger partial charge < -0.3 is 15.0 Å². The fraction of sp³-hybridized carbons (Fsp3) is 0.417. The molecule has 0 bridgehead atoms. The van der Waals surface area contributed by atoms with Crippen LogP contribution in [0.1, 0.15) is 37.8 Å². The van der Waals surface area contributed by atoms with Crippen molar-refractivity contribution < 1.29 is 18.7 Å². The number of hydrogen-bond donors (Lipinski definition) is 1. The molecule has 0 saturated heterocycles. The Balaban J connectivity index is 2.02. The second kappa shape index (κ2) is 12.8. The maximum atomic E-state index is 13.3. The first-order chi connectivity index (χ1) is 14.5. The van der Waals surface area contributed by atoms with Gasteiger partial charge in [0, 0.05) is 32.7 Å². The average Bonchev–Trinajstić information content (AvgIpc) is 2.77. The minimum absolute atomic E-state index is 0.111. The summed E-state index contributed by atoms with van der Waals surface area (Å²) in [5, 5.41) is 2.87. The van der Waals surface area contributed by atoms with Crippen molar-refractivity contribution in [3.05, 3.63) is 71.5 Å². The Labute approximate surface area is 178 Å². The third-order valence-electron chi connectivity index (χ3n) is 4.87. The number of carbonyl (C=O) groups excluding carboxylic acids is 2. The summed E-state index contributed by atoms with van der Waals surface area (Å²) in [5.74, 6) is -0.650. The van der Waals surface area contributed by atoms with E-state index in [1.165, 1.54) is 12.1 Å². The second-order valence-corrected chi connectivity index (χ2v) is 7.15. The van der Waals surface area contributed by atoms with Gasteiger partial charge in [0.05, 0.1) is 0 Å². The molecule has 0 radical (unpaired) electrons. The van der Waals surface area contributed by atoms with Crippen LogP contribution in [0.15, 0.2) is 54.6 Å². The number of ether oxygens (including phenoxy) is 1. The van der Waals surface area contributed by atoms with Crippen molar-refractivity contribution in [1.82, 2.24) is 10.2 Å². The molecule has 2 amide bonds. The molecule has 0 heterocycles. The van der Waals surface area contributed by atoms with Gasteiger partial charge in [-0.1, -0.05) is 42.5 Å². The zero-order valence-corrected chi connectivity index (χ0v) is 17.8. The zero-order valence-electron chi connectivity index (χ0n) is 17.8. The molecular formula is C24H31FN2O3. The first-order valence-corrected chi connectivity index (χ1v) is 10.4. The van der Waals surface area contributed by atoms with Gasteiger partial charge in [-0.15, -0.1) is 0 Å². The van der Waals surface area contributed by atoms with Gasteiger partial charge in [0.2, 0.25) is 11.8 Å². The molecule has 30 heavy (non-hydrogen) atoms. The fourth-order valence-electron chi connectivity index (χ4n) is 3.09. The van der Waals surface area contributed by atoms with E-state index >= 15 is 0 Å². The van der Waals surface area contributed by atoms with E-state index in [1.807, 2.05) is 37.3 Å². The topological polar surface area (TPSA) is 58.6 Å². The highest BCUT2D eigenvalue weighted by Gasteiger charge is 2.25. The Morgan fingerprint density at radius 2 is 1.77 bits per heavy atom. The van der Waals surface area contributed by atoms with Crippen LogP contribution in [-0.4, -0.2) is 42.5 Å². The lowest BCUT2D eigenvalue weighted by Crippen LogP contribution is -2.48. The number of amides is 2. The molecule has 1 atom stereocenters. The van der Waals surface area contributed by atoms with Crippen LogP contribution in [0.2, 0.25) is 0 Å². The van der Waals surface area contributed by atoms with Crippen molar-refractivity contribution in [2.75, 3.05) is 19.8 Å². The molecule has 162 valence electrons. The van der Waals surface area contributed by atoms with Crippen LogP contribution in [-0.2, 0) is 27.3 Å². The number of halogens is 1.